The molecular formula is C25H20ClN3O3S. The maximum atomic E-state index is 13.7. The molecule has 33 heavy (non-hydrogen) atoms. The van der Waals surface area contributed by atoms with E-state index >= 15 is 0 Å². The van der Waals surface area contributed by atoms with E-state index in [1.807, 2.05) is 13.0 Å². The predicted molar refractivity (Wildman–Crippen MR) is 126 cm³/mol. The van der Waals surface area contributed by atoms with Crippen molar-refractivity contribution in [1.29, 1.82) is 5.26 Å². The second-order valence-electron chi connectivity index (χ2n) is 7.73. The van der Waals surface area contributed by atoms with Gasteiger partial charge < -0.3 is 5.73 Å². The van der Waals surface area contributed by atoms with E-state index in [2.05, 4.69) is 0 Å². The van der Waals surface area contributed by atoms with Gasteiger partial charge in [0.2, 0.25) is 0 Å². The van der Waals surface area contributed by atoms with E-state index in [4.69, 9.17) is 17.3 Å². The Labute approximate surface area is 197 Å². The summed E-state index contributed by atoms with van der Waals surface area (Å²) in [6.07, 6.45) is 0. The second kappa shape index (κ2) is 8.74. The topological polar surface area (TPSA) is 104 Å². The Morgan fingerprint density at radius 1 is 1.00 bits per heavy atom. The van der Waals surface area contributed by atoms with E-state index in [1.54, 1.807) is 66.7 Å². The molecule has 0 aliphatic carbocycles. The average Bonchev–Trinajstić information content (AvgIpc) is 3.12. The first kappa shape index (κ1) is 22.6. The van der Waals surface area contributed by atoms with Gasteiger partial charge in [0.05, 0.1) is 22.5 Å². The highest BCUT2D eigenvalue weighted by Crippen LogP contribution is 2.43. The largest absolute Gasteiger partial charge is 0.384 e. The van der Waals surface area contributed by atoms with Crippen LogP contribution in [-0.2, 0) is 10.0 Å². The molecule has 6 nitrogen and oxygen atoms in total. The molecule has 1 aliphatic heterocycles. The number of halogens is 1. The lowest BCUT2D eigenvalue weighted by Crippen LogP contribution is -2.45. The molecule has 0 bridgehead atoms. The number of nitrogens with two attached hydrogens (primary N) is 1. The Kier molecular flexibility index (Phi) is 5.98. The number of nitrogens with zero attached hydrogens (tertiary/aromatic N) is 2. The Morgan fingerprint density at radius 3 is 2.18 bits per heavy atom. The fourth-order valence-electron chi connectivity index (χ4n) is 4.00. The van der Waals surface area contributed by atoms with Crippen molar-refractivity contribution in [1.82, 2.24) is 4.31 Å². The first-order valence-electron chi connectivity index (χ1n) is 10.1. The lowest BCUT2D eigenvalue weighted by molar-refractivity contribution is 0.0910. The van der Waals surface area contributed by atoms with E-state index in [0.717, 1.165) is 9.87 Å². The van der Waals surface area contributed by atoms with Gasteiger partial charge in [0, 0.05) is 10.6 Å². The van der Waals surface area contributed by atoms with Crippen molar-refractivity contribution in [3.63, 3.8) is 0 Å². The van der Waals surface area contributed by atoms with Gasteiger partial charge in [0.1, 0.15) is 11.9 Å². The Hall–Kier alpha value is -3.60. The molecule has 0 amide bonds. The molecule has 166 valence electrons. The number of aryl methyl sites for hydroxylation is 1. The first-order chi connectivity index (χ1) is 15.8. The summed E-state index contributed by atoms with van der Waals surface area (Å²) in [5, 5.41) is 10.4. The minimum atomic E-state index is -4.25. The molecule has 8 heteroatoms. The maximum absolute atomic E-state index is 13.7. The fraction of sp³-hybridized carbons (Fsp3) is 0.120. The lowest BCUT2D eigenvalue weighted by atomic mass is 9.84. The number of hydrogen-bond acceptors (Lipinski definition) is 5. The summed E-state index contributed by atoms with van der Waals surface area (Å²) in [5.41, 5.74) is 8.06. The number of hydrogen-bond donors (Lipinski definition) is 1. The summed E-state index contributed by atoms with van der Waals surface area (Å²) < 4.78 is 28.3. The summed E-state index contributed by atoms with van der Waals surface area (Å²) in [5.74, 6) is -1.60. The van der Waals surface area contributed by atoms with E-state index in [9.17, 15) is 18.5 Å². The standard InChI is InChI=1S/C25H20ClN3O3S/c1-16-7-13-20(14-8-16)33(31,32)29-23(24(30)18-5-3-2-4-6-18)22(21(15-27)25(29)28)17-9-11-19(26)12-10-17/h2-14,22-23H,28H2,1H3/t22-,23+/m1/s1. The van der Waals surface area contributed by atoms with Crippen LogP contribution in [0.2, 0.25) is 5.02 Å². The molecule has 0 unspecified atom stereocenters. The lowest BCUT2D eigenvalue weighted by Gasteiger charge is -2.29. The maximum Gasteiger partial charge on any atom is 0.266 e. The van der Waals surface area contributed by atoms with Crippen molar-refractivity contribution in [2.24, 2.45) is 5.73 Å². The van der Waals surface area contributed by atoms with Gasteiger partial charge in [-0.05, 0) is 36.8 Å². The third-order valence-electron chi connectivity index (χ3n) is 5.65. The molecule has 2 atom stereocenters. The number of carbonyl (C=O) groups excluding carboxylic acids is 1. The van der Waals surface area contributed by atoms with Crippen LogP contribution in [0.25, 0.3) is 0 Å². The predicted octanol–water partition coefficient (Wildman–Crippen LogP) is 4.38. The van der Waals surface area contributed by atoms with Crippen LogP contribution in [-0.4, -0.2) is 24.5 Å². The molecule has 4 rings (SSSR count). The van der Waals surface area contributed by atoms with Crippen molar-refractivity contribution >= 4 is 27.4 Å². The highest BCUT2D eigenvalue weighted by Gasteiger charge is 2.50. The monoisotopic (exact) mass is 477 g/mol. The van der Waals surface area contributed by atoms with Crippen molar-refractivity contribution in [2.75, 3.05) is 0 Å². The third kappa shape index (κ3) is 3.99. The van der Waals surface area contributed by atoms with Crippen molar-refractivity contribution in [2.45, 2.75) is 23.8 Å². The molecule has 0 saturated carbocycles. The van der Waals surface area contributed by atoms with Crippen LogP contribution < -0.4 is 5.73 Å². The van der Waals surface area contributed by atoms with Crippen molar-refractivity contribution in [3.05, 3.63) is 112 Å². The van der Waals surface area contributed by atoms with Gasteiger partial charge in [-0.1, -0.05) is 71.8 Å². The first-order valence-corrected chi connectivity index (χ1v) is 11.9. The Balaban J connectivity index is 1.94. The summed E-state index contributed by atoms with van der Waals surface area (Å²) in [6, 6.07) is 22.0. The number of nitriles is 1. The zero-order valence-corrected chi connectivity index (χ0v) is 19.2. The Morgan fingerprint density at radius 2 is 1.61 bits per heavy atom. The molecule has 3 aromatic carbocycles. The normalized spacial score (nSPS) is 18.3. The summed E-state index contributed by atoms with van der Waals surface area (Å²) >= 11 is 6.03. The van der Waals surface area contributed by atoms with Crippen LogP contribution in [0.15, 0.2) is 95.2 Å². The van der Waals surface area contributed by atoms with Gasteiger partial charge in [0.25, 0.3) is 10.0 Å². The van der Waals surface area contributed by atoms with Crippen LogP contribution in [0.5, 0.6) is 0 Å². The molecule has 0 saturated heterocycles. The van der Waals surface area contributed by atoms with Crippen LogP contribution in [0.4, 0.5) is 0 Å². The third-order valence-corrected chi connectivity index (χ3v) is 7.71. The average molecular weight is 478 g/mol. The number of ketones is 1. The molecule has 0 spiro atoms. The number of benzene rings is 3. The summed E-state index contributed by atoms with van der Waals surface area (Å²) in [7, 11) is -4.25. The SMILES string of the molecule is Cc1ccc(S(=O)(=O)N2C(N)=C(C#N)[C@@H](c3ccc(Cl)cc3)[C@H]2C(=O)c2ccccc2)cc1. The molecule has 2 N–H and O–H groups in total. The molecular weight excluding hydrogens is 458 g/mol. The number of sulfonamides is 1. The van der Waals surface area contributed by atoms with Crippen molar-refractivity contribution < 1.29 is 13.2 Å². The molecule has 0 fully saturated rings. The summed E-state index contributed by atoms with van der Waals surface area (Å²) in [6.45, 7) is 1.84. The van der Waals surface area contributed by atoms with Gasteiger partial charge in [-0.15, -0.1) is 0 Å². The van der Waals surface area contributed by atoms with E-state index in [-0.39, 0.29) is 16.3 Å². The van der Waals surface area contributed by atoms with Gasteiger partial charge in [-0.25, -0.2) is 12.7 Å². The minimum Gasteiger partial charge on any atom is -0.384 e. The van der Waals surface area contributed by atoms with Crippen LogP contribution in [0, 0.1) is 18.3 Å². The fourth-order valence-corrected chi connectivity index (χ4v) is 5.71. The van der Waals surface area contributed by atoms with E-state index in [0.29, 0.717) is 16.1 Å². The quantitative estimate of drug-likeness (QED) is 0.549. The van der Waals surface area contributed by atoms with Gasteiger partial charge >= 0.3 is 0 Å². The molecule has 0 aromatic heterocycles. The van der Waals surface area contributed by atoms with Crippen LogP contribution in [0.3, 0.4) is 0 Å². The molecule has 1 heterocycles. The zero-order valence-electron chi connectivity index (χ0n) is 17.6. The Bertz CT molecular complexity index is 1380. The summed E-state index contributed by atoms with van der Waals surface area (Å²) in [4.78, 5) is 13.7. The zero-order chi connectivity index (χ0) is 23.8. The van der Waals surface area contributed by atoms with Gasteiger partial charge in [-0.2, -0.15) is 5.26 Å². The van der Waals surface area contributed by atoms with E-state index in [1.165, 1.54) is 12.1 Å². The second-order valence-corrected chi connectivity index (χ2v) is 9.98. The van der Waals surface area contributed by atoms with E-state index < -0.39 is 27.8 Å². The number of Topliss-reactive ketones (excluding diaryl/α,β-unsaturated/α-hetero) is 1. The highest BCUT2D eigenvalue weighted by molar-refractivity contribution is 7.89. The smallest absolute Gasteiger partial charge is 0.266 e. The van der Waals surface area contributed by atoms with Crippen LogP contribution in [0.1, 0.15) is 27.4 Å². The molecule has 1 aliphatic rings. The van der Waals surface area contributed by atoms with Crippen LogP contribution >= 0.6 is 11.6 Å². The van der Waals surface area contributed by atoms with Gasteiger partial charge in [-0.3, -0.25) is 4.79 Å². The van der Waals surface area contributed by atoms with Crippen molar-refractivity contribution in [3.8, 4) is 6.07 Å². The van der Waals surface area contributed by atoms with Gasteiger partial charge in [0.15, 0.2) is 5.78 Å². The highest BCUT2D eigenvalue weighted by atomic mass is 35.5. The minimum absolute atomic E-state index is 0.0160. The molecule has 3 aromatic rings. The molecule has 0 radical (unpaired) electrons. The number of carbonyl (C=O) groups is 1. The number of rotatable bonds is 5.